The smallest absolute Gasteiger partial charge is 0.167 e. The van der Waals surface area contributed by atoms with Crippen molar-refractivity contribution in [3.63, 3.8) is 0 Å². The summed E-state index contributed by atoms with van der Waals surface area (Å²) in [5.74, 6) is 0. The minimum Gasteiger partial charge on any atom is -0.375 e. The number of hydrogen-bond acceptors (Lipinski definition) is 4. The van der Waals surface area contributed by atoms with E-state index in [2.05, 4.69) is 23.2 Å². The molecule has 4 nitrogen and oxygen atoms in total. The fourth-order valence-electron chi connectivity index (χ4n) is 2.31. The number of hydrogen-bond donors (Lipinski definition) is 0. The summed E-state index contributed by atoms with van der Waals surface area (Å²) in [5.41, 5.74) is 0.557. The van der Waals surface area contributed by atoms with Crippen LogP contribution >= 0.6 is 0 Å². The van der Waals surface area contributed by atoms with Gasteiger partial charge in [-0.15, -0.1) is 0 Å². The number of nitriles is 1. The Kier molecular flexibility index (Phi) is 6.70. The zero-order chi connectivity index (χ0) is 16.6. The lowest BCUT2D eigenvalue weighted by atomic mass is 9.89. The van der Waals surface area contributed by atoms with Gasteiger partial charge < -0.3 is 4.74 Å². The first-order valence-electron chi connectivity index (χ1n) is 7.86. The van der Waals surface area contributed by atoms with E-state index in [1.165, 1.54) is 0 Å². The number of ether oxygens (including phenoxy) is 1. The van der Waals surface area contributed by atoms with Gasteiger partial charge in [-0.05, 0) is 45.7 Å². The highest BCUT2D eigenvalue weighted by molar-refractivity contribution is 5.44. The Morgan fingerprint density at radius 3 is 2.50 bits per heavy atom. The summed E-state index contributed by atoms with van der Waals surface area (Å²) in [5, 5.41) is 18.1. The molecule has 0 aliphatic heterocycles. The summed E-state index contributed by atoms with van der Waals surface area (Å²) < 4.78 is 5.89. The molecule has 0 radical (unpaired) electrons. The largest absolute Gasteiger partial charge is 0.375 e. The van der Waals surface area contributed by atoms with Gasteiger partial charge in [0.25, 0.3) is 0 Å². The molecule has 0 saturated carbocycles. The third kappa shape index (κ3) is 5.95. The molecule has 0 aliphatic rings. The number of rotatable bonds is 8. The molecule has 1 unspecified atom stereocenters. The molecule has 1 atom stereocenters. The van der Waals surface area contributed by atoms with Crippen LogP contribution in [0.5, 0.6) is 0 Å². The standard InChI is InChI=1S/C18H27N3O/c1-6-7-12-22-17(3,4)13-18(5,14-19)21-20-16-11-9-8-10-15(16)2/h8-11H,6-7,12-13H2,1-5H3. The molecule has 0 aromatic heterocycles. The fraction of sp³-hybridized carbons (Fsp3) is 0.611. The van der Waals surface area contributed by atoms with Crippen molar-refractivity contribution in [2.75, 3.05) is 6.61 Å². The minimum absolute atomic E-state index is 0.398. The Morgan fingerprint density at radius 2 is 1.91 bits per heavy atom. The Morgan fingerprint density at radius 1 is 1.23 bits per heavy atom. The molecule has 1 rings (SSSR count). The van der Waals surface area contributed by atoms with E-state index in [9.17, 15) is 5.26 Å². The molecule has 0 aliphatic carbocycles. The topological polar surface area (TPSA) is 57.7 Å². The first-order chi connectivity index (χ1) is 10.3. The van der Waals surface area contributed by atoms with E-state index < -0.39 is 11.1 Å². The molecule has 4 heteroatoms. The summed E-state index contributed by atoms with van der Waals surface area (Å²) >= 11 is 0. The first-order valence-corrected chi connectivity index (χ1v) is 7.86. The molecule has 0 amide bonds. The van der Waals surface area contributed by atoms with E-state index in [0.717, 1.165) is 24.1 Å². The van der Waals surface area contributed by atoms with Gasteiger partial charge in [0, 0.05) is 13.0 Å². The zero-order valence-corrected chi connectivity index (χ0v) is 14.4. The minimum atomic E-state index is -0.891. The van der Waals surface area contributed by atoms with Crippen LogP contribution in [0.15, 0.2) is 34.5 Å². The van der Waals surface area contributed by atoms with Crippen molar-refractivity contribution < 1.29 is 4.74 Å². The van der Waals surface area contributed by atoms with Gasteiger partial charge in [-0.1, -0.05) is 31.5 Å². The average Bonchev–Trinajstić information content (AvgIpc) is 2.46. The van der Waals surface area contributed by atoms with Crippen LogP contribution in [0.1, 0.15) is 52.5 Å². The third-order valence-electron chi connectivity index (χ3n) is 3.50. The first kappa shape index (κ1) is 18.3. The maximum atomic E-state index is 9.51. The van der Waals surface area contributed by atoms with Gasteiger partial charge in [0.15, 0.2) is 5.54 Å². The van der Waals surface area contributed by atoms with E-state index in [-0.39, 0.29) is 0 Å². The Labute approximate surface area is 134 Å². The predicted molar refractivity (Wildman–Crippen MR) is 89.3 cm³/mol. The van der Waals surface area contributed by atoms with Gasteiger partial charge in [-0.25, -0.2) is 0 Å². The number of azo groups is 1. The molecule has 22 heavy (non-hydrogen) atoms. The second-order valence-corrected chi connectivity index (χ2v) is 6.51. The predicted octanol–water partition coefficient (Wildman–Crippen LogP) is 5.35. The monoisotopic (exact) mass is 301 g/mol. The summed E-state index contributed by atoms with van der Waals surface area (Å²) in [6.45, 7) is 10.6. The van der Waals surface area contributed by atoms with Crippen molar-refractivity contribution in [2.24, 2.45) is 10.2 Å². The van der Waals surface area contributed by atoms with Crippen molar-refractivity contribution in [2.45, 2.75) is 65.0 Å². The van der Waals surface area contributed by atoms with Crippen LogP contribution in [-0.4, -0.2) is 17.7 Å². The molecule has 120 valence electrons. The Balaban J connectivity index is 2.80. The summed E-state index contributed by atoms with van der Waals surface area (Å²) in [4.78, 5) is 0. The van der Waals surface area contributed by atoms with E-state index in [1.807, 2.05) is 45.0 Å². The van der Waals surface area contributed by atoms with Gasteiger partial charge in [0.1, 0.15) is 0 Å². The number of unbranched alkanes of at least 4 members (excludes halogenated alkanes) is 1. The molecular formula is C18H27N3O. The van der Waals surface area contributed by atoms with E-state index in [1.54, 1.807) is 6.92 Å². The van der Waals surface area contributed by atoms with Crippen LogP contribution in [0.4, 0.5) is 5.69 Å². The molecule has 0 fully saturated rings. The quantitative estimate of drug-likeness (QED) is 0.480. The van der Waals surface area contributed by atoms with Crippen molar-refractivity contribution in [3.8, 4) is 6.07 Å². The van der Waals surface area contributed by atoms with Crippen molar-refractivity contribution >= 4 is 5.69 Å². The van der Waals surface area contributed by atoms with Crippen LogP contribution < -0.4 is 0 Å². The van der Waals surface area contributed by atoms with Crippen LogP contribution in [0.2, 0.25) is 0 Å². The van der Waals surface area contributed by atoms with Crippen LogP contribution in [-0.2, 0) is 4.74 Å². The molecule has 0 heterocycles. The molecule has 0 spiro atoms. The van der Waals surface area contributed by atoms with Crippen LogP contribution in [0.3, 0.4) is 0 Å². The van der Waals surface area contributed by atoms with Gasteiger partial charge in [-0.2, -0.15) is 15.5 Å². The molecule has 0 saturated heterocycles. The van der Waals surface area contributed by atoms with Crippen molar-refractivity contribution in [3.05, 3.63) is 29.8 Å². The van der Waals surface area contributed by atoms with Gasteiger partial charge >= 0.3 is 0 Å². The highest BCUT2D eigenvalue weighted by Crippen LogP contribution is 2.29. The van der Waals surface area contributed by atoms with E-state index >= 15 is 0 Å². The lowest BCUT2D eigenvalue weighted by Crippen LogP contribution is -2.35. The molecule has 0 bridgehead atoms. The zero-order valence-electron chi connectivity index (χ0n) is 14.4. The highest BCUT2D eigenvalue weighted by atomic mass is 16.5. The average molecular weight is 301 g/mol. The number of nitrogens with zero attached hydrogens (tertiary/aromatic N) is 3. The fourth-order valence-corrected chi connectivity index (χ4v) is 2.31. The van der Waals surface area contributed by atoms with Crippen LogP contribution in [0.25, 0.3) is 0 Å². The van der Waals surface area contributed by atoms with E-state index in [0.29, 0.717) is 13.0 Å². The van der Waals surface area contributed by atoms with Crippen molar-refractivity contribution in [1.82, 2.24) is 0 Å². The van der Waals surface area contributed by atoms with Crippen LogP contribution in [0, 0.1) is 18.3 Å². The SMILES string of the molecule is CCCCOC(C)(C)CC(C)(C#N)N=Nc1ccccc1C. The third-order valence-corrected chi connectivity index (χ3v) is 3.50. The number of benzene rings is 1. The normalized spacial score (nSPS) is 14.7. The van der Waals surface area contributed by atoms with Gasteiger partial charge in [0.2, 0.25) is 0 Å². The molecule has 0 N–H and O–H groups in total. The second kappa shape index (κ2) is 8.05. The molecule has 1 aromatic carbocycles. The van der Waals surface area contributed by atoms with Crippen molar-refractivity contribution in [1.29, 1.82) is 5.26 Å². The van der Waals surface area contributed by atoms with E-state index in [4.69, 9.17) is 4.74 Å². The number of aryl methyl sites for hydroxylation is 1. The summed E-state index contributed by atoms with van der Waals surface area (Å²) in [7, 11) is 0. The maximum Gasteiger partial charge on any atom is 0.167 e. The highest BCUT2D eigenvalue weighted by Gasteiger charge is 2.33. The van der Waals surface area contributed by atoms with Gasteiger partial charge in [-0.3, -0.25) is 0 Å². The molecular weight excluding hydrogens is 274 g/mol. The molecule has 1 aromatic rings. The Bertz CT molecular complexity index is 546. The summed E-state index contributed by atoms with van der Waals surface area (Å²) in [6, 6.07) is 10.0. The lowest BCUT2D eigenvalue weighted by Gasteiger charge is -2.30. The van der Waals surface area contributed by atoms with Gasteiger partial charge in [0.05, 0.1) is 17.4 Å². The maximum absolute atomic E-state index is 9.51. The lowest BCUT2D eigenvalue weighted by molar-refractivity contribution is -0.0328. The second-order valence-electron chi connectivity index (χ2n) is 6.51. The summed E-state index contributed by atoms with van der Waals surface area (Å²) in [6.07, 6.45) is 2.63. The Hall–Kier alpha value is -1.73.